The van der Waals surface area contributed by atoms with Gasteiger partial charge in [0.2, 0.25) is 0 Å². The van der Waals surface area contributed by atoms with Crippen molar-refractivity contribution in [2.75, 3.05) is 31.9 Å². The topological polar surface area (TPSA) is 79.6 Å². The molecule has 0 unspecified atom stereocenters. The van der Waals surface area contributed by atoms with Crippen LogP contribution in [0.5, 0.6) is 0 Å². The molecule has 1 fully saturated rings. The number of imidazole rings is 1. The molecule has 138 valence electrons. The van der Waals surface area contributed by atoms with Crippen LogP contribution in [0.15, 0.2) is 17.4 Å². The Bertz CT molecular complexity index is 669. The lowest BCUT2D eigenvalue weighted by Crippen LogP contribution is -2.57. The highest BCUT2D eigenvalue weighted by atomic mass is 127. The van der Waals surface area contributed by atoms with Crippen LogP contribution in [0.1, 0.15) is 26.6 Å². The predicted molar refractivity (Wildman–Crippen MR) is 108 cm³/mol. The van der Waals surface area contributed by atoms with Gasteiger partial charge >= 0.3 is 0 Å². The molecule has 1 aliphatic rings. The average molecular weight is 469 g/mol. The fourth-order valence-corrected chi connectivity index (χ4v) is 4.02. The van der Waals surface area contributed by atoms with Crippen molar-refractivity contribution in [1.29, 1.82) is 0 Å². The number of halogens is 1. The van der Waals surface area contributed by atoms with Gasteiger partial charge in [0, 0.05) is 38.6 Å². The van der Waals surface area contributed by atoms with Crippen molar-refractivity contribution in [2.45, 2.75) is 39.0 Å². The Balaban J connectivity index is 0.00000288. The van der Waals surface area contributed by atoms with Crippen molar-refractivity contribution in [3.05, 3.63) is 18.2 Å². The van der Waals surface area contributed by atoms with E-state index in [9.17, 15) is 8.42 Å². The van der Waals surface area contributed by atoms with E-state index in [1.807, 2.05) is 24.9 Å². The number of guanidine groups is 1. The smallest absolute Gasteiger partial charge is 0.194 e. The molecule has 0 spiro atoms. The molecule has 1 N–H and O–H groups in total. The summed E-state index contributed by atoms with van der Waals surface area (Å²) in [5, 5.41) is 3.27. The number of sulfone groups is 1. The number of hydrogen-bond donors (Lipinski definition) is 1. The maximum absolute atomic E-state index is 12.1. The molecule has 1 aromatic heterocycles. The molecule has 9 heteroatoms. The first-order valence-electron chi connectivity index (χ1n) is 8.00. The van der Waals surface area contributed by atoms with E-state index < -0.39 is 14.6 Å². The van der Waals surface area contributed by atoms with Gasteiger partial charge in [-0.1, -0.05) is 0 Å². The molecule has 0 aliphatic carbocycles. The normalized spacial score (nSPS) is 19.7. The minimum atomic E-state index is -3.04. The van der Waals surface area contributed by atoms with E-state index in [0.29, 0.717) is 19.6 Å². The van der Waals surface area contributed by atoms with Crippen LogP contribution in [0.25, 0.3) is 0 Å². The van der Waals surface area contributed by atoms with Gasteiger partial charge in [-0.3, -0.25) is 4.99 Å². The quantitative estimate of drug-likeness (QED) is 0.409. The van der Waals surface area contributed by atoms with E-state index in [0.717, 1.165) is 24.9 Å². The van der Waals surface area contributed by atoms with Gasteiger partial charge in [0.1, 0.15) is 5.82 Å². The Morgan fingerprint density at radius 3 is 2.71 bits per heavy atom. The summed E-state index contributed by atoms with van der Waals surface area (Å²) in [5.41, 5.74) is 0. The number of aliphatic imine (C=N–C) groups is 1. The minimum absolute atomic E-state index is 0. The summed E-state index contributed by atoms with van der Waals surface area (Å²) in [4.78, 5) is 10.9. The Hall–Kier alpha value is -0.840. The van der Waals surface area contributed by atoms with Gasteiger partial charge in [0.25, 0.3) is 0 Å². The molecule has 1 aliphatic heterocycles. The van der Waals surface area contributed by atoms with Crippen LogP contribution in [0, 0.1) is 6.92 Å². The fraction of sp³-hybridized carbons (Fsp3) is 0.733. The number of aryl methyl sites for hydroxylation is 1. The zero-order chi connectivity index (χ0) is 17.1. The van der Waals surface area contributed by atoms with Crippen molar-refractivity contribution in [2.24, 2.45) is 4.99 Å². The summed E-state index contributed by atoms with van der Waals surface area (Å²) in [5.74, 6) is 1.93. The van der Waals surface area contributed by atoms with Gasteiger partial charge < -0.3 is 14.8 Å². The average Bonchev–Trinajstić information content (AvgIpc) is 2.87. The molecule has 0 saturated carbocycles. The molecule has 0 bridgehead atoms. The van der Waals surface area contributed by atoms with E-state index in [1.54, 1.807) is 20.0 Å². The molecule has 0 amide bonds. The van der Waals surface area contributed by atoms with E-state index in [4.69, 9.17) is 0 Å². The van der Waals surface area contributed by atoms with Crippen LogP contribution in [0.4, 0.5) is 0 Å². The third-order valence-corrected chi connectivity index (χ3v) is 6.74. The Labute approximate surface area is 161 Å². The summed E-state index contributed by atoms with van der Waals surface area (Å²) in [6, 6.07) is 0. The Morgan fingerprint density at radius 2 is 2.17 bits per heavy atom. The second-order valence-corrected chi connectivity index (χ2v) is 9.15. The van der Waals surface area contributed by atoms with Crippen molar-refractivity contribution in [3.63, 3.8) is 0 Å². The van der Waals surface area contributed by atoms with E-state index in [1.165, 1.54) is 0 Å². The van der Waals surface area contributed by atoms with E-state index in [2.05, 4.69) is 19.9 Å². The molecular formula is C15H28IN5O2S. The summed E-state index contributed by atoms with van der Waals surface area (Å²) >= 11 is 0. The molecule has 0 atom stereocenters. The third kappa shape index (κ3) is 4.84. The molecule has 24 heavy (non-hydrogen) atoms. The minimum Gasteiger partial charge on any atom is -0.357 e. The highest BCUT2D eigenvalue weighted by Gasteiger charge is 2.40. The molecule has 7 nitrogen and oxygen atoms in total. The highest BCUT2D eigenvalue weighted by molar-refractivity contribution is 14.0. The first-order chi connectivity index (χ1) is 10.8. The van der Waals surface area contributed by atoms with Gasteiger partial charge in [-0.15, -0.1) is 24.0 Å². The second-order valence-electron chi connectivity index (χ2n) is 6.40. The summed E-state index contributed by atoms with van der Waals surface area (Å²) in [7, 11) is -3.04. The van der Waals surface area contributed by atoms with Gasteiger partial charge in [0.05, 0.1) is 17.0 Å². The lowest BCUT2D eigenvalue weighted by Gasteiger charge is -2.39. The van der Waals surface area contributed by atoms with Crippen LogP contribution in [-0.2, 0) is 16.4 Å². The summed E-state index contributed by atoms with van der Waals surface area (Å²) < 4.78 is 25.6. The van der Waals surface area contributed by atoms with Gasteiger partial charge in [-0.05, 0) is 27.7 Å². The van der Waals surface area contributed by atoms with Crippen LogP contribution < -0.4 is 5.32 Å². The SMILES string of the molecule is CCNC(=NCCn1ccnc1C)N1CCS(=O)(=O)C(C)(C)C1.I. The van der Waals surface area contributed by atoms with E-state index >= 15 is 0 Å². The molecule has 1 saturated heterocycles. The van der Waals surface area contributed by atoms with Crippen molar-refractivity contribution in [1.82, 2.24) is 19.8 Å². The number of nitrogens with one attached hydrogen (secondary N) is 1. The second kappa shape index (κ2) is 8.50. The van der Waals surface area contributed by atoms with Gasteiger partial charge in [0.15, 0.2) is 15.8 Å². The zero-order valence-electron chi connectivity index (χ0n) is 14.8. The summed E-state index contributed by atoms with van der Waals surface area (Å²) in [6.45, 7) is 10.6. The van der Waals surface area contributed by atoms with E-state index in [-0.39, 0.29) is 29.7 Å². The van der Waals surface area contributed by atoms with Crippen molar-refractivity contribution in [3.8, 4) is 0 Å². The Morgan fingerprint density at radius 1 is 1.46 bits per heavy atom. The van der Waals surface area contributed by atoms with Gasteiger partial charge in [-0.25, -0.2) is 13.4 Å². The fourth-order valence-electron chi connectivity index (χ4n) is 2.65. The number of aromatic nitrogens is 2. The molecule has 0 radical (unpaired) electrons. The maximum Gasteiger partial charge on any atom is 0.194 e. The lowest BCUT2D eigenvalue weighted by molar-refractivity contribution is 0.353. The maximum atomic E-state index is 12.1. The zero-order valence-corrected chi connectivity index (χ0v) is 18.0. The molecule has 2 rings (SSSR count). The van der Waals surface area contributed by atoms with Crippen molar-refractivity contribution < 1.29 is 8.42 Å². The third-order valence-electron chi connectivity index (χ3n) is 4.20. The highest BCUT2D eigenvalue weighted by Crippen LogP contribution is 2.23. The molecular weight excluding hydrogens is 441 g/mol. The van der Waals surface area contributed by atoms with Crippen LogP contribution in [0.2, 0.25) is 0 Å². The van der Waals surface area contributed by atoms with Crippen LogP contribution >= 0.6 is 24.0 Å². The first-order valence-corrected chi connectivity index (χ1v) is 9.65. The van der Waals surface area contributed by atoms with Crippen LogP contribution in [-0.4, -0.2) is 65.5 Å². The van der Waals surface area contributed by atoms with Crippen LogP contribution in [0.3, 0.4) is 0 Å². The number of hydrogen-bond acceptors (Lipinski definition) is 4. The molecule has 0 aromatic carbocycles. The molecule has 2 heterocycles. The standard InChI is InChI=1S/C15H27N5O2S.HI/c1-5-16-14(18-7-9-19-8-6-17-13(19)2)20-10-11-23(21,22)15(3,4)12-20;/h6,8H,5,7,9-12H2,1-4H3,(H,16,18);1H. The summed E-state index contributed by atoms with van der Waals surface area (Å²) in [6.07, 6.45) is 3.72. The van der Waals surface area contributed by atoms with Crippen molar-refractivity contribution >= 4 is 39.8 Å². The number of rotatable bonds is 4. The Kier molecular flexibility index (Phi) is 7.51. The first kappa shape index (κ1) is 21.2. The van der Waals surface area contributed by atoms with Gasteiger partial charge in [-0.2, -0.15) is 0 Å². The lowest BCUT2D eigenvalue weighted by atomic mass is 10.2. The monoisotopic (exact) mass is 469 g/mol. The predicted octanol–water partition coefficient (Wildman–Crippen LogP) is 1.28. The molecule has 1 aromatic rings. The number of nitrogens with zero attached hydrogens (tertiary/aromatic N) is 4. The largest absolute Gasteiger partial charge is 0.357 e.